The Morgan fingerprint density at radius 1 is 1.44 bits per heavy atom. The number of carbonyl (C=O) groups is 1. The summed E-state index contributed by atoms with van der Waals surface area (Å²) in [6, 6.07) is 7.78. The van der Waals surface area contributed by atoms with Gasteiger partial charge in [0.15, 0.2) is 6.10 Å². The van der Waals surface area contributed by atoms with Crippen molar-refractivity contribution in [3.8, 4) is 5.75 Å². The molecule has 1 aromatic rings. The molecule has 4 heteroatoms. The number of halogens is 1. The number of hydrogen-bond acceptors (Lipinski definition) is 2. The van der Waals surface area contributed by atoms with Gasteiger partial charge in [-0.25, -0.2) is 0 Å². The number of alkyl halides is 1. The van der Waals surface area contributed by atoms with Crippen LogP contribution in [0.25, 0.3) is 0 Å². The van der Waals surface area contributed by atoms with Crippen molar-refractivity contribution >= 4 is 17.5 Å². The standard InChI is InChI=1S/C14H16ClNO2/c15-11(9-5-6-9)8-16-14(17)13-7-10-3-1-2-4-12(10)18-13/h1-4,9,11,13H,5-8H2,(H,16,17). The van der Waals surface area contributed by atoms with Gasteiger partial charge in [0, 0.05) is 13.0 Å². The van der Waals surface area contributed by atoms with Crippen LogP contribution in [0.3, 0.4) is 0 Å². The molecule has 3 nitrogen and oxygen atoms in total. The normalized spacial score (nSPS) is 23.1. The summed E-state index contributed by atoms with van der Waals surface area (Å²) in [5, 5.41) is 2.95. The van der Waals surface area contributed by atoms with E-state index >= 15 is 0 Å². The number of rotatable bonds is 4. The molecule has 96 valence electrons. The molecule has 2 aliphatic rings. The maximum absolute atomic E-state index is 12.0. The van der Waals surface area contributed by atoms with Crippen LogP contribution in [0, 0.1) is 5.92 Å². The molecule has 1 aromatic carbocycles. The van der Waals surface area contributed by atoms with E-state index in [4.69, 9.17) is 16.3 Å². The molecule has 1 amide bonds. The van der Waals surface area contributed by atoms with E-state index < -0.39 is 6.10 Å². The minimum atomic E-state index is -0.398. The highest BCUT2D eigenvalue weighted by Gasteiger charge is 2.32. The summed E-state index contributed by atoms with van der Waals surface area (Å²) < 4.78 is 5.62. The van der Waals surface area contributed by atoms with E-state index in [9.17, 15) is 4.79 Å². The smallest absolute Gasteiger partial charge is 0.261 e. The third-order valence-electron chi connectivity index (χ3n) is 3.54. The van der Waals surface area contributed by atoms with E-state index in [1.54, 1.807) is 0 Å². The first-order chi connectivity index (χ1) is 8.74. The molecule has 0 spiro atoms. The molecule has 1 aliphatic carbocycles. The Labute approximate surface area is 111 Å². The highest BCUT2D eigenvalue weighted by Crippen LogP contribution is 2.35. The number of nitrogens with one attached hydrogen (secondary N) is 1. The summed E-state index contributed by atoms with van der Waals surface area (Å²) in [6.07, 6.45) is 2.63. The molecule has 0 saturated heterocycles. The van der Waals surface area contributed by atoms with Gasteiger partial charge in [0.25, 0.3) is 5.91 Å². The molecular formula is C14H16ClNO2. The van der Waals surface area contributed by atoms with Crippen LogP contribution in [0.1, 0.15) is 18.4 Å². The van der Waals surface area contributed by atoms with Crippen LogP contribution < -0.4 is 10.1 Å². The van der Waals surface area contributed by atoms with Crippen molar-refractivity contribution in [2.45, 2.75) is 30.7 Å². The fraction of sp³-hybridized carbons (Fsp3) is 0.500. The molecule has 2 atom stereocenters. The quantitative estimate of drug-likeness (QED) is 0.847. The summed E-state index contributed by atoms with van der Waals surface area (Å²) in [7, 11) is 0. The largest absolute Gasteiger partial charge is 0.480 e. The van der Waals surface area contributed by atoms with Crippen molar-refractivity contribution in [3.63, 3.8) is 0 Å². The Kier molecular flexibility index (Phi) is 3.16. The lowest BCUT2D eigenvalue weighted by Gasteiger charge is -2.13. The number of benzene rings is 1. The predicted octanol–water partition coefficient (Wildman–Crippen LogP) is 2.12. The first kappa shape index (κ1) is 11.8. The van der Waals surface area contributed by atoms with Crippen LogP contribution in [0.15, 0.2) is 24.3 Å². The van der Waals surface area contributed by atoms with E-state index in [0.29, 0.717) is 18.9 Å². The minimum Gasteiger partial charge on any atom is -0.480 e. The molecular weight excluding hydrogens is 250 g/mol. The van der Waals surface area contributed by atoms with Crippen LogP contribution in [0.2, 0.25) is 0 Å². The summed E-state index contributed by atoms with van der Waals surface area (Å²) in [6.45, 7) is 0.543. The van der Waals surface area contributed by atoms with Gasteiger partial charge in [-0.3, -0.25) is 4.79 Å². The Hall–Kier alpha value is -1.22. The van der Waals surface area contributed by atoms with Gasteiger partial charge in [-0.05, 0) is 30.4 Å². The van der Waals surface area contributed by atoms with Crippen molar-refractivity contribution in [1.82, 2.24) is 5.32 Å². The average Bonchev–Trinajstić information content (AvgIpc) is 3.14. The Morgan fingerprint density at radius 3 is 2.94 bits per heavy atom. The molecule has 0 radical (unpaired) electrons. The number of ether oxygens (including phenoxy) is 1. The number of hydrogen-bond donors (Lipinski definition) is 1. The molecule has 1 saturated carbocycles. The van der Waals surface area contributed by atoms with Crippen LogP contribution in [-0.4, -0.2) is 23.9 Å². The highest BCUT2D eigenvalue weighted by molar-refractivity contribution is 6.21. The number of amides is 1. The maximum atomic E-state index is 12.0. The zero-order valence-electron chi connectivity index (χ0n) is 10.1. The lowest BCUT2D eigenvalue weighted by molar-refractivity contribution is -0.127. The van der Waals surface area contributed by atoms with Crippen molar-refractivity contribution in [3.05, 3.63) is 29.8 Å². The maximum Gasteiger partial charge on any atom is 0.261 e. The zero-order chi connectivity index (χ0) is 12.5. The molecule has 0 bridgehead atoms. The molecule has 2 unspecified atom stereocenters. The van der Waals surface area contributed by atoms with Gasteiger partial charge >= 0.3 is 0 Å². The molecule has 3 rings (SSSR count). The van der Waals surface area contributed by atoms with Crippen molar-refractivity contribution in [2.24, 2.45) is 5.92 Å². The molecule has 1 N–H and O–H groups in total. The van der Waals surface area contributed by atoms with Gasteiger partial charge in [-0.15, -0.1) is 11.6 Å². The van der Waals surface area contributed by atoms with E-state index in [2.05, 4.69) is 5.32 Å². The van der Waals surface area contributed by atoms with Gasteiger partial charge in [0.1, 0.15) is 5.75 Å². The van der Waals surface area contributed by atoms with Crippen LogP contribution in [0.5, 0.6) is 5.75 Å². The predicted molar refractivity (Wildman–Crippen MR) is 69.9 cm³/mol. The van der Waals surface area contributed by atoms with E-state index in [0.717, 1.165) is 11.3 Å². The lowest BCUT2D eigenvalue weighted by atomic mass is 10.1. The van der Waals surface area contributed by atoms with Crippen molar-refractivity contribution in [2.75, 3.05) is 6.54 Å². The Morgan fingerprint density at radius 2 is 2.22 bits per heavy atom. The fourth-order valence-electron chi connectivity index (χ4n) is 2.26. The molecule has 0 aromatic heterocycles. The molecule has 1 aliphatic heterocycles. The third kappa shape index (κ3) is 2.46. The van der Waals surface area contributed by atoms with Crippen LogP contribution in [0.4, 0.5) is 0 Å². The zero-order valence-corrected chi connectivity index (χ0v) is 10.8. The fourth-order valence-corrected chi connectivity index (χ4v) is 2.59. The summed E-state index contributed by atoms with van der Waals surface area (Å²) in [5.74, 6) is 1.36. The van der Waals surface area contributed by atoms with Crippen molar-refractivity contribution in [1.29, 1.82) is 0 Å². The second kappa shape index (κ2) is 4.81. The Balaban J connectivity index is 1.52. The van der Waals surface area contributed by atoms with E-state index in [-0.39, 0.29) is 11.3 Å². The molecule has 18 heavy (non-hydrogen) atoms. The number of fused-ring (bicyclic) bond motifs is 1. The summed E-state index contributed by atoms with van der Waals surface area (Å²) in [4.78, 5) is 12.0. The highest BCUT2D eigenvalue weighted by atomic mass is 35.5. The molecule has 1 heterocycles. The van der Waals surface area contributed by atoms with Gasteiger partial charge < -0.3 is 10.1 Å². The van der Waals surface area contributed by atoms with E-state index in [1.807, 2.05) is 24.3 Å². The van der Waals surface area contributed by atoms with E-state index in [1.165, 1.54) is 12.8 Å². The monoisotopic (exact) mass is 265 g/mol. The second-order valence-electron chi connectivity index (χ2n) is 5.02. The van der Waals surface area contributed by atoms with Gasteiger partial charge in [-0.2, -0.15) is 0 Å². The van der Waals surface area contributed by atoms with Crippen LogP contribution in [-0.2, 0) is 11.2 Å². The number of carbonyl (C=O) groups excluding carboxylic acids is 1. The topological polar surface area (TPSA) is 38.3 Å². The van der Waals surface area contributed by atoms with Gasteiger partial charge in [-0.1, -0.05) is 18.2 Å². The second-order valence-corrected chi connectivity index (χ2v) is 5.58. The molecule has 1 fully saturated rings. The minimum absolute atomic E-state index is 0.0579. The summed E-state index contributed by atoms with van der Waals surface area (Å²) >= 11 is 6.16. The van der Waals surface area contributed by atoms with Crippen molar-refractivity contribution < 1.29 is 9.53 Å². The van der Waals surface area contributed by atoms with Crippen LogP contribution >= 0.6 is 11.6 Å². The van der Waals surface area contributed by atoms with Gasteiger partial charge in [0.2, 0.25) is 0 Å². The summed E-state index contributed by atoms with van der Waals surface area (Å²) in [5.41, 5.74) is 1.10. The van der Waals surface area contributed by atoms with Gasteiger partial charge in [0.05, 0.1) is 5.38 Å². The first-order valence-corrected chi connectivity index (χ1v) is 6.84. The first-order valence-electron chi connectivity index (χ1n) is 6.40. The third-order valence-corrected chi connectivity index (χ3v) is 4.06. The number of para-hydroxylation sites is 1. The Bertz CT molecular complexity index is 434. The lowest BCUT2D eigenvalue weighted by Crippen LogP contribution is -2.40. The SMILES string of the molecule is O=C(NCC(Cl)C1CC1)C1Cc2ccccc2O1. The average molecular weight is 266 g/mol.